The van der Waals surface area contributed by atoms with Crippen molar-refractivity contribution in [3.8, 4) is 0 Å². The van der Waals surface area contributed by atoms with Gasteiger partial charge in [-0.1, -0.05) is 11.6 Å². The van der Waals surface area contributed by atoms with E-state index in [0.717, 1.165) is 16.7 Å². The Bertz CT molecular complexity index is 581. The maximum atomic E-state index is 12.4. The molecule has 0 spiro atoms. The zero-order chi connectivity index (χ0) is 15.6. The van der Waals surface area contributed by atoms with E-state index in [-0.39, 0.29) is 18.2 Å². The molecular formula is C16H18Cl2O3. The molecule has 1 aliphatic carbocycles. The lowest BCUT2D eigenvalue weighted by molar-refractivity contribution is -0.143. The van der Waals surface area contributed by atoms with E-state index in [0.29, 0.717) is 36.5 Å². The Kier molecular flexibility index (Phi) is 5.28. The number of Topliss-reactive ketones (excluding diaryl/α,β-unsaturated/α-hetero) is 1. The van der Waals surface area contributed by atoms with Gasteiger partial charge in [0.05, 0.1) is 12.0 Å². The van der Waals surface area contributed by atoms with Gasteiger partial charge in [0.2, 0.25) is 0 Å². The maximum Gasteiger partial charge on any atom is 0.306 e. The molecule has 0 saturated heterocycles. The summed E-state index contributed by atoms with van der Waals surface area (Å²) in [5.74, 6) is -0.339. The lowest BCUT2D eigenvalue weighted by Gasteiger charge is -2.24. The molecular weight excluding hydrogens is 311 g/mol. The molecule has 5 heteroatoms. The molecule has 0 saturated carbocycles. The number of esters is 1. The first-order valence-electron chi connectivity index (χ1n) is 7.10. The molecule has 0 aliphatic heterocycles. The van der Waals surface area contributed by atoms with Gasteiger partial charge in [-0.3, -0.25) is 9.59 Å². The van der Waals surface area contributed by atoms with Crippen molar-refractivity contribution in [3.05, 3.63) is 33.3 Å². The summed E-state index contributed by atoms with van der Waals surface area (Å²) in [6.07, 6.45) is 2.02. The average molecular weight is 329 g/mol. The fourth-order valence-corrected chi connectivity index (χ4v) is 3.32. The summed E-state index contributed by atoms with van der Waals surface area (Å²) >= 11 is 12.4. The van der Waals surface area contributed by atoms with Crippen molar-refractivity contribution in [3.63, 3.8) is 0 Å². The van der Waals surface area contributed by atoms with Crippen LogP contribution in [-0.4, -0.2) is 23.7 Å². The monoisotopic (exact) mass is 328 g/mol. The smallest absolute Gasteiger partial charge is 0.306 e. The molecule has 1 unspecified atom stereocenters. The Morgan fingerprint density at radius 1 is 1.48 bits per heavy atom. The van der Waals surface area contributed by atoms with Gasteiger partial charge in [-0.15, -0.1) is 11.6 Å². The highest BCUT2D eigenvalue weighted by Crippen LogP contribution is 2.35. The second kappa shape index (κ2) is 6.80. The Balaban J connectivity index is 2.37. The van der Waals surface area contributed by atoms with Crippen molar-refractivity contribution in [2.75, 3.05) is 6.61 Å². The normalized spacial score (nSPS) is 17.5. The number of alkyl halides is 1. The van der Waals surface area contributed by atoms with E-state index in [9.17, 15) is 9.59 Å². The van der Waals surface area contributed by atoms with Crippen LogP contribution in [0.3, 0.4) is 0 Å². The molecule has 0 fully saturated rings. The van der Waals surface area contributed by atoms with Crippen LogP contribution in [-0.2, 0) is 22.4 Å². The number of aryl methyl sites for hydroxylation is 1. The third-order valence-corrected chi connectivity index (χ3v) is 4.53. The van der Waals surface area contributed by atoms with Gasteiger partial charge in [0.15, 0.2) is 5.78 Å². The zero-order valence-electron chi connectivity index (χ0n) is 12.2. The number of ether oxygens (including phenoxy) is 1. The van der Waals surface area contributed by atoms with E-state index < -0.39 is 5.38 Å². The molecule has 1 aromatic rings. The van der Waals surface area contributed by atoms with E-state index in [2.05, 4.69) is 0 Å². The first-order valence-corrected chi connectivity index (χ1v) is 7.91. The van der Waals surface area contributed by atoms with E-state index in [4.69, 9.17) is 27.9 Å². The van der Waals surface area contributed by atoms with Crippen LogP contribution >= 0.6 is 23.2 Å². The van der Waals surface area contributed by atoms with Gasteiger partial charge in [-0.2, -0.15) is 0 Å². The SMILES string of the molecule is CCOC(=O)CCc1c(C)cc(Cl)c2c1C(=O)C(Cl)CC2. The number of benzene rings is 1. The van der Waals surface area contributed by atoms with Gasteiger partial charge in [0.1, 0.15) is 0 Å². The van der Waals surface area contributed by atoms with E-state index in [1.165, 1.54) is 0 Å². The highest BCUT2D eigenvalue weighted by molar-refractivity contribution is 6.36. The topological polar surface area (TPSA) is 43.4 Å². The molecule has 3 nitrogen and oxygen atoms in total. The molecule has 0 N–H and O–H groups in total. The standard InChI is InChI=1S/C16H18Cl2O3/c1-3-21-14(19)7-5-10-9(2)8-13(18)11-4-6-12(17)16(20)15(10)11/h8,12H,3-7H2,1-2H3. The van der Waals surface area contributed by atoms with Crippen LogP contribution in [0.1, 0.15) is 46.8 Å². The minimum absolute atomic E-state index is 0.0811. The minimum Gasteiger partial charge on any atom is -0.466 e. The summed E-state index contributed by atoms with van der Waals surface area (Å²) in [7, 11) is 0. The number of halogens is 2. The fraction of sp³-hybridized carbons (Fsp3) is 0.500. The third-order valence-electron chi connectivity index (χ3n) is 3.77. The molecule has 0 bridgehead atoms. The van der Waals surface area contributed by atoms with Crippen LogP contribution in [0, 0.1) is 6.92 Å². The summed E-state index contributed by atoms with van der Waals surface area (Å²) < 4.78 is 4.94. The molecule has 21 heavy (non-hydrogen) atoms. The summed E-state index contributed by atoms with van der Waals surface area (Å²) in [6.45, 7) is 4.03. The van der Waals surface area contributed by atoms with Crippen LogP contribution in [0.5, 0.6) is 0 Å². The molecule has 0 radical (unpaired) electrons. The fourth-order valence-electron chi connectivity index (χ4n) is 2.75. The average Bonchev–Trinajstić information content (AvgIpc) is 2.42. The number of carbonyl (C=O) groups excluding carboxylic acids is 2. The first kappa shape index (κ1) is 16.3. The van der Waals surface area contributed by atoms with Gasteiger partial charge in [-0.05, 0) is 55.9 Å². The maximum absolute atomic E-state index is 12.4. The van der Waals surface area contributed by atoms with Crippen molar-refractivity contribution in [1.29, 1.82) is 0 Å². The predicted molar refractivity (Wildman–Crippen MR) is 83.4 cm³/mol. The molecule has 1 aromatic carbocycles. The van der Waals surface area contributed by atoms with Crippen LogP contribution in [0.4, 0.5) is 0 Å². The molecule has 1 atom stereocenters. The van der Waals surface area contributed by atoms with Gasteiger partial charge < -0.3 is 4.74 Å². The Morgan fingerprint density at radius 3 is 2.86 bits per heavy atom. The largest absolute Gasteiger partial charge is 0.466 e. The van der Waals surface area contributed by atoms with Crippen molar-refractivity contribution in [2.45, 2.75) is 44.9 Å². The Morgan fingerprint density at radius 2 is 2.19 bits per heavy atom. The first-order chi connectivity index (χ1) is 9.95. The van der Waals surface area contributed by atoms with Gasteiger partial charge in [0.25, 0.3) is 0 Å². The number of hydrogen-bond donors (Lipinski definition) is 0. The van der Waals surface area contributed by atoms with Gasteiger partial charge >= 0.3 is 5.97 Å². The lowest BCUT2D eigenvalue weighted by Crippen LogP contribution is -2.25. The van der Waals surface area contributed by atoms with Crippen molar-refractivity contribution >= 4 is 35.0 Å². The number of fused-ring (bicyclic) bond motifs is 1. The lowest BCUT2D eigenvalue weighted by atomic mass is 9.83. The summed E-state index contributed by atoms with van der Waals surface area (Å²) in [4.78, 5) is 24.0. The zero-order valence-corrected chi connectivity index (χ0v) is 13.7. The summed E-state index contributed by atoms with van der Waals surface area (Å²) in [6, 6.07) is 1.86. The number of hydrogen-bond acceptors (Lipinski definition) is 3. The molecule has 0 amide bonds. The van der Waals surface area contributed by atoms with Crippen molar-refractivity contribution in [1.82, 2.24) is 0 Å². The summed E-state index contributed by atoms with van der Waals surface area (Å²) in [5.41, 5.74) is 3.28. The second-order valence-corrected chi connectivity index (χ2v) is 6.12. The van der Waals surface area contributed by atoms with Crippen LogP contribution in [0.15, 0.2) is 6.07 Å². The van der Waals surface area contributed by atoms with E-state index in [1.54, 1.807) is 6.92 Å². The van der Waals surface area contributed by atoms with Crippen LogP contribution in [0.2, 0.25) is 5.02 Å². The Hall–Kier alpha value is -1.06. The second-order valence-electron chi connectivity index (χ2n) is 5.18. The Labute approximate surface area is 134 Å². The minimum atomic E-state index is -0.503. The van der Waals surface area contributed by atoms with E-state index >= 15 is 0 Å². The van der Waals surface area contributed by atoms with Gasteiger partial charge in [-0.25, -0.2) is 0 Å². The highest BCUT2D eigenvalue weighted by Gasteiger charge is 2.30. The molecule has 0 heterocycles. The van der Waals surface area contributed by atoms with Gasteiger partial charge in [0, 0.05) is 17.0 Å². The van der Waals surface area contributed by atoms with E-state index in [1.807, 2.05) is 13.0 Å². The quantitative estimate of drug-likeness (QED) is 0.622. The highest BCUT2D eigenvalue weighted by atomic mass is 35.5. The predicted octanol–water partition coefficient (Wildman–Crippen LogP) is 3.88. The van der Waals surface area contributed by atoms with Crippen LogP contribution in [0.25, 0.3) is 0 Å². The molecule has 0 aromatic heterocycles. The molecule has 114 valence electrons. The third kappa shape index (κ3) is 3.41. The number of ketones is 1. The number of carbonyl (C=O) groups is 2. The summed E-state index contributed by atoms with van der Waals surface area (Å²) in [5, 5.41) is 0.107. The molecule has 2 rings (SSSR count). The molecule has 1 aliphatic rings. The van der Waals surface area contributed by atoms with Crippen molar-refractivity contribution in [2.24, 2.45) is 0 Å². The number of rotatable bonds is 4. The van der Waals surface area contributed by atoms with Crippen LogP contribution < -0.4 is 0 Å². The van der Waals surface area contributed by atoms with Crippen molar-refractivity contribution < 1.29 is 14.3 Å².